The van der Waals surface area contributed by atoms with E-state index in [1.165, 1.54) is 0 Å². The minimum atomic E-state index is 0.110. The third-order valence-corrected chi connectivity index (χ3v) is 4.01. The van der Waals surface area contributed by atoms with Gasteiger partial charge in [0, 0.05) is 18.5 Å². The second kappa shape index (κ2) is 8.63. The van der Waals surface area contributed by atoms with Gasteiger partial charge >= 0.3 is 0 Å². The number of benzene rings is 1. The summed E-state index contributed by atoms with van der Waals surface area (Å²) in [6.07, 6.45) is 5.21. The van der Waals surface area contributed by atoms with E-state index in [1.54, 1.807) is 7.11 Å². The maximum absolute atomic E-state index is 11.9. The largest absolute Gasteiger partial charge is 0.497 e. The highest BCUT2D eigenvalue weighted by Gasteiger charge is 2.19. The lowest BCUT2D eigenvalue weighted by atomic mass is 9.92. The highest BCUT2D eigenvalue weighted by Crippen LogP contribution is 2.18. The van der Waals surface area contributed by atoms with Crippen molar-refractivity contribution < 1.29 is 14.3 Å². The van der Waals surface area contributed by atoms with Crippen molar-refractivity contribution in [3.63, 3.8) is 0 Å². The molecule has 1 aromatic rings. The summed E-state index contributed by atoms with van der Waals surface area (Å²) in [5.74, 6) is 1.71. The molecule has 0 saturated heterocycles. The minimum absolute atomic E-state index is 0.110. The van der Waals surface area contributed by atoms with Crippen LogP contribution in [0.15, 0.2) is 24.3 Å². The molecule has 122 valence electrons. The smallest absolute Gasteiger partial charge is 0.220 e. The van der Waals surface area contributed by atoms with Crippen LogP contribution in [0, 0.1) is 0 Å². The monoisotopic (exact) mass is 306 g/mol. The molecule has 0 heterocycles. The van der Waals surface area contributed by atoms with Gasteiger partial charge < -0.3 is 20.5 Å². The Hall–Kier alpha value is -1.75. The van der Waals surface area contributed by atoms with Crippen LogP contribution in [0.4, 0.5) is 0 Å². The molecule has 2 rings (SSSR count). The number of carbonyl (C=O) groups excluding carboxylic acids is 1. The fourth-order valence-corrected chi connectivity index (χ4v) is 2.66. The van der Waals surface area contributed by atoms with Gasteiger partial charge in [-0.1, -0.05) is 0 Å². The topological polar surface area (TPSA) is 73.6 Å². The molecule has 0 atom stereocenters. The van der Waals surface area contributed by atoms with Crippen LogP contribution in [-0.2, 0) is 4.79 Å². The summed E-state index contributed by atoms with van der Waals surface area (Å²) in [4.78, 5) is 11.9. The zero-order valence-corrected chi connectivity index (χ0v) is 13.2. The van der Waals surface area contributed by atoms with Crippen LogP contribution in [-0.4, -0.2) is 31.7 Å². The Morgan fingerprint density at radius 1 is 1.18 bits per heavy atom. The van der Waals surface area contributed by atoms with Gasteiger partial charge in [-0.05, 0) is 56.4 Å². The summed E-state index contributed by atoms with van der Waals surface area (Å²) >= 11 is 0. The average molecular weight is 306 g/mol. The van der Waals surface area contributed by atoms with Crippen molar-refractivity contribution in [3.05, 3.63) is 24.3 Å². The molecule has 1 aliphatic carbocycles. The first-order valence-electron chi connectivity index (χ1n) is 7.99. The van der Waals surface area contributed by atoms with Crippen LogP contribution < -0.4 is 20.5 Å². The van der Waals surface area contributed by atoms with E-state index < -0.39 is 0 Å². The van der Waals surface area contributed by atoms with Crippen molar-refractivity contribution in [3.8, 4) is 11.5 Å². The lowest BCUT2D eigenvalue weighted by molar-refractivity contribution is -0.122. The molecule has 1 saturated carbocycles. The molecule has 0 unspecified atom stereocenters. The molecule has 5 nitrogen and oxygen atoms in total. The second-order valence-corrected chi connectivity index (χ2v) is 5.81. The molecule has 0 bridgehead atoms. The molecule has 0 aromatic heterocycles. The van der Waals surface area contributed by atoms with Crippen LogP contribution in [0.1, 0.15) is 38.5 Å². The van der Waals surface area contributed by atoms with Crippen LogP contribution in [0.25, 0.3) is 0 Å². The van der Waals surface area contributed by atoms with Crippen LogP contribution in [0.2, 0.25) is 0 Å². The Morgan fingerprint density at radius 2 is 1.82 bits per heavy atom. The van der Waals surface area contributed by atoms with Gasteiger partial charge in [0.15, 0.2) is 0 Å². The van der Waals surface area contributed by atoms with Crippen LogP contribution >= 0.6 is 0 Å². The number of methoxy groups -OCH3 is 1. The first kappa shape index (κ1) is 16.6. The molecule has 22 heavy (non-hydrogen) atoms. The summed E-state index contributed by atoms with van der Waals surface area (Å²) in [6, 6.07) is 8.06. The molecule has 1 aliphatic rings. The normalized spacial score (nSPS) is 21.2. The van der Waals surface area contributed by atoms with Gasteiger partial charge in [-0.3, -0.25) is 4.79 Å². The second-order valence-electron chi connectivity index (χ2n) is 5.81. The Balaban J connectivity index is 1.58. The van der Waals surface area contributed by atoms with E-state index in [0.717, 1.165) is 37.2 Å². The summed E-state index contributed by atoms with van der Waals surface area (Å²) in [5.41, 5.74) is 5.86. The van der Waals surface area contributed by atoms with Crippen molar-refractivity contribution >= 4 is 5.91 Å². The quantitative estimate of drug-likeness (QED) is 0.758. The molecule has 0 aliphatic heterocycles. The number of nitrogens with one attached hydrogen (secondary N) is 1. The maximum Gasteiger partial charge on any atom is 0.220 e. The van der Waals surface area contributed by atoms with Gasteiger partial charge in [-0.15, -0.1) is 0 Å². The number of nitrogens with two attached hydrogens (primary N) is 1. The highest BCUT2D eigenvalue weighted by atomic mass is 16.5. The van der Waals surface area contributed by atoms with Gasteiger partial charge in [0.25, 0.3) is 0 Å². The molecule has 1 aromatic carbocycles. The SMILES string of the molecule is COc1ccc(OCCCC(=O)NC2CCC(N)CC2)cc1. The third kappa shape index (κ3) is 5.56. The Kier molecular flexibility index (Phi) is 6.52. The van der Waals surface area contributed by atoms with Crippen molar-refractivity contribution in [2.45, 2.75) is 50.6 Å². The van der Waals surface area contributed by atoms with E-state index in [4.69, 9.17) is 15.2 Å². The van der Waals surface area contributed by atoms with E-state index in [-0.39, 0.29) is 5.91 Å². The van der Waals surface area contributed by atoms with Crippen molar-refractivity contribution in [2.75, 3.05) is 13.7 Å². The molecular formula is C17H26N2O3. The predicted octanol–water partition coefficient (Wildman–Crippen LogP) is 2.24. The summed E-state index contributed by atoms with van der Waals surface area (Å²) in [5, 5.41) is 3.09. The predicted molar refractivity (Wildman–Crippen MR) is 86.1 cm³/mol. The fraction of sp³-hybridized carbons (Fsp3) is 0.588. The summed E-state index contributed by atoms with van der Waals surface area (Å²) in [7, 11) is 1.63. The summed E-state index contributed by atoms with van der Waals surface area (Å²) in [6.45, 7) is 0.537. The number of amides is 1. The first-order chi connectivity index (χ1) is 10.7. The number of carbonyl (C=O) groups is 1. The molecule has 1 amide bonds. The Labute approximate surface area is 132 Å². The van der Waals surface area contributed by atoms with Crippen molar-refractivity contribution in [1.82, 2.24) is 5.32 Å². The maximum atomic E-state index is 11.9. The number of ether oxygens (including phenoxy) is 2. The van der Waals surface area contributed by atoms with Crippen molar-refractivity contribution in [2.24, 2.45) is 5.73 Å². The minimum Gasteiger partial charge on any atom is -0.497 e. The van der Waals surface area contributed by atoms with Gasteiger partial charge in [0.1, 0.15) is 11.5 Å². The highest BCUT2D eigenvalue weighted by molar-refractivity contribution is 5.76. The van der Waals surface area contributed by atoms with Crippen molar-refractivity contribution in [1.29, 1.82) is 0 Å². The van der Waals surface area contributed by atoms with E-state index in [2.05, 4.69) is 5.32 Å². The molecule has 3 N–H and O–H groups in total. The summed E-state index contributed by atoms with van der Waals surface area (Å²) < 4.78 is 10.7. The van der Waals surface area contributed by atoms with Gasteiger partial charge in [0.05, 0.1) is 13.7 Å². The molecule has 1 fully saturated rings. The fourth-order valence-electron chi connectivity index (χ4n) is 2.66. The molecular weight excluding hydrogens is 280 g/mol. The number of rotatable bonds is 7. The zero-order valence-electron chi connectivity index (χ0n) is 13.2. The molecule has 5 heteroatoms. The Morgan fingerprint density at radius 3 is 2.45 bits per heavy atom. The lowest BCUT2D eigenvalue weighted by Crippen LogP contribution is -2.40. The first-order valence-corrected chi connectivity index (χ1v) is 7.99. The molecule has 0 radical (unpaired) electrons. The van der Waals surface area contributed by atoms with Gasteiger partial charge in [-0.25, -0.2) is 0 Å². The standard InChI is InChI=1S/C17H26N2O3/c1-21-15-8-10-16(11-9-15)22-12-2-3-17(20)19-14-6-4-13(18)5-7-14/h8-11,13-14H,2-7,12,18H2,1H3,(H,19,20). The van der Waals surface area contributed by atoms with Crippen LogP contribution in [0.3, 0.4) is 0 Å². The number of hydrogen-bond donors (Lipinski definition) is 2. The Bertz CT molecular complexity index is 453. The third-order valence-electron chi connectivity index (χ3n) is 4.01. The lowest BCUT2D eigenvalue weighted by Gasteiger charge is -2.26. The zero-order chi connectivity index (χ0) is 15.8. The average Bonchev–Trinajstić information content (AvgIpc) is 2.54. The van der Waals surface area contributed by atoms with Gasteiger partial charge in [-0.2, -0.15) is 0 Å². The van der Waals surface area contributed by atoms with Crippen LogP contribution in [0.5, 0.6) is 11.5 Å². The van der Waals surface area contributed by atoms with E-state index >= 15 is 0 Å². The molecule has 0 spiro atoms. The van der Waals surface area contributed by atoms with E-state index in [1.807, 2.05) is 24.3 Å². The van der Waals surface area contributed by atoms with E-state index in [9.17, 15) is 4.79 Å². The van der Waals surface area contributed by atoms with E-state index in [0.29, 0.717) is 31.5 Å². The van der Waals surface area contributed by atoms with Gasteiger partial charge in [0.2, 0.25) is 5.91 Å². The number of hydrogen-bond acceptors (Lipinski definition) is 4.